The molecule has 1 fully saturated rings. The van der Waals surface area contributed by atoms with E-state index in [4.69, 9.17) is 0 Å². The van der Waals surface area contributed by atoms with Gasteiger partial charge in [-0.1, -0.05) is 24.3 Å². The molecule has 1 aromatic carbocycles. The van der Waals surface area contributed by atoms with Gasteiger partial charge in [-0.05, 0) is 49.4 Å². The van der Waals surface area contributed by atoms with E-state index in [1.165, 1.54) is 11.1 Å². The highest BCUT2D eigenvalue weighted by molar-refractivity contribution is 7.13. The highest BCUT2D eigenvalue weighted by Gasteiger charge is 2.31. The Morgan fingerprint density at radius 3 is 2.52 bits per heavy atom. The average molecular weight is 435 g/mol. The fourth-order valence-electron chi connectivity index (χ4n) is 4.69. The van der Waals surface area contributed by atoms with Gasteiger partial charge in [-0.15, -0.1) is 11.3 Å². The molecule has 2 amide bonds. The molecule has 7 heteroatoms. The summed E-state index contributed by atoms with van der Waals surface area (Å²) in [6, 6.07) is 12.2. The third kappa shape index (κ3) is 3.90. The molecule has 160 valence electrons. The van der Waals surface area contributed by atoms with Crippen molar-refractivity contribution in [2.75, 3.05) is 19.6 Å². The first-order valence-electron chi connectivity index (χ1n) is 10.8. The smallest absolute Gasteiger partial charge is 0.263 e. The molecule has 0 atom stereocenters. The van der Waals surface area contributed by atoms with Gasteiger partial charge < -0.3 is 9.80 Å². The van der Waals surface area contributed by atoms with E-state index in [-0.39, 0.29) is 17.7 Å². The van der Waals surface area contributed by atoms with Crippen molar-refractivity contribution < 1.29 is 9.59 Å². The fraction of sp³-hybridized carbons (Fsp3) is 0.375. The number of benzene rings is 1. The van der Waals surface area contributed by atoms with Crippen LogP contribution in [0.2, 0.25) is 0 Å². The molecule has 3 aromatic rings. The Kier molecular flexibility index (Phi) is 5.36. The monoisotopic (exact) mass is 434 g/mol. The van der Waals surface area contributed by atoms with Gasteiger partial charge in [0.25, 0.3) is 11.8 Å². The summed E-state index contributed by atoms with van der Waals surface area (Å²) in [6.07, 6.45) is 4.23. The Morgan fingerprint density at radius 2 is 1.77 bits per heavy atom. The van der Waals surface area contributed by atoms with Crippen LogP contribution >= 0.6 is 11.3 Å². The summed E-state index contributed by atoms with van der Waals surface area (Å²) in [6.45, 7) is 4.79. The van der Waals surface area contributed by atoms with Crippen LogP contribution in [0.5, 0.6) is 0 Å². The van der Waals surface area contributed by atoms with Crippen LogP contribution in [0.25, 0.3) is 0 Å². The molecule has 31 heavy (non-hydrogen) atoms. The van der Waals surface area contributed by atoms with E-state index in [1.807, 2.05) is 34.9 Å². The number of carbonyl (C=O) groups excluding carboxylic acids is 2. The predicted molar refractivity (Wildman–Crippen MR) is 120 cm³/mol. The van der Waals surface area contributed by atoms with Crippen LogP contribution in [-0.2, 0) is 13.0 Å². The first-order valence-corrected chi connectivity index (χ1v) is 11.7. The van der Waals surface area contributed by atoms with E-state index >= 15 is 0 Å². The maximum absolute atomic E-state index is 13.3. The Labute approximate surface area is 185 Å². The number of hydrogen-bond acceptors (Lipinski definition) is 4. The number of aromatic nitrogens is 2. The molecule has 6 nitrogen and oxygen atoms in total. The lowest BCUT2D eigenvalue weighted by atomic mass is 9.90. The Hall–Kier alpha value is -2.93. The second kappa shape index (κ2) is 8.30. The number of carbonyl (C=O) groups is 2. The first kappa shape index (κ1) is 20.0. The van der Waals surface area contributed by atoms with Crippen molar-refractivity contribution in [3.05, 3.63) is 74.7 Å². The van der Waals surface area contributed by atoms with Crippen molar-refractivity contribution in [2.45, 2.75) is 38.6 Å². The van der Waals surface area contributed by atoms with Gasteiger partial charge in [0.2, 0.25) is 0 Å². The van der Waals surface area contributed by atoms with Gasteiger partial charge in [0, 0.05) is 37.0 Å². The zero-order valence-electron chi connectivity index (χ0n) is 17.6. The van der Waals surface area contributed by atoms with Gasteiger partial charge in [-0.25, -0.2) is 0 Å². The number of rotatable bonds is 3. The van der Waals surface area contributed by atoms with Crippen LogP contribution in [0.4, 0.5) is 0 Å². The predicted octanol–water partition coefficient (Wildman–Crippen LogP) is 4.00. The van der Waals surface area contributed by atoms with Crippen LogP contribution in [0.15, 0.2) is 42.6 Å². The van der Waals surface area contributed by atoms with Crippen LogP contribution < -0.4 is 0 Å². The van der Waals surface area contributed by atoms with Crippen molar-refractivity contribution in [3.8, 4) is 0 Å². The number of aromatic amines is 1. The highest BCUT2D eigenvalue weighted by Crippen LogP contribution is 2.31. The lowest BCUT2D eigenvalue weighted by molar-refractivity contribution is 0.0703. The molecular weight excluding hydrogens is 408 g/mol. The van der Waals surface area contributed by atoms with Gasteiger partial charge in [0.1, 0.15) is 0 Å². The molecule has 4 heterocycles. The lowest BCUT2D eigenvalue weighted by Crippen LogP contribution is -2.39. The third-order valence-electron chi connectivity index (χ3n) is 6.46. The Bertz CT molecular complexity index is 1110. The number of thiophene rings is 1. The van der Waals surface area contributed by atoms with Gasteiger partial charge in [-0.3, -0.25) is 14.7 Å². The zero-order chi connectivity index (χ0) is 21.4. The molecule has 2 aromatic heterocycles. The minimum atomic E-state index is 0.0471. The van der Waals surface area contributed by atoms with E-state index < -0.39 is 0 Å². The van der Waals surface area contributed by atoms with Gasteiger partial charge in [-0.2, -0.15) is 5.10 Å². The summed E-state index contributed by atoms with van der Waals surface area (Å²) in [4.78, 5) is 31.9. The number of H-pyrrole nitrogens is 1. The maximum Gasteiger partial charge on any atom is 0.263 e. The molecule has 0 saturated carbocycles. The standard InChI is InChI=1S/C24H26N4O2S/c1-16-6-7-21(31-16)24(30)27-11-9-18(10-12-27)22-20(14-25-26-22)23(29)28-13-8-17-4-2-3-5-19(17)15-28/h2-7,14,18H,8-13,15H2,1H3,(H,25,26). The normalized spacial score (nSPS) is 16.9. The fourth-order valence-corrected chi connectivity index (χ4v) is 5.53. The minimum absolute atomic E-state index is 0.0471. The molecule has 0 unspecified atom stereocenters. The quantitative estimate of drug-likeness (QED) is 0.677. The lowest BCUT2D eigenvalue weighted by Gasteiger charge is -2.32. The number of fused-ring (bicyclic) bond motifs is 1. The second-order valence-corrected chi connectivity index (χ2v) is 9.71. The number of likely N-dealkylation sites (tertiary alicyclic amines) is 1. The number of nitrogens with zero attached hydrogens (tertiary/aromatic N) is 3. The molecular formula is C24H26N4O2S. The number of aryl methyl sites for hydroxylation is 1. The topological polar surface area (TPSA) is 69.3 Å². The Balaban J connectivity index is 1.26. The summed E-state index contributed by atoms with van der Waals surface area (Å²) >= 11 is 1.55. The largest absolute Gasteiger partial charge is 0.338 e. The molecule has 0 bridgehead atoms. The molecule has 0 spiro atoms. The second-order valence-electron chi connectivity index (χ2n) is 8.42. The van der Waals surface area contributed by atoms with Crippen LogP contribution in [0.1, 0.15) is 60.5 Å². The van der Waals surface area contributed by atoms with Gasteiger partial charge in [0.05, 0.1) is 22.3 Å². The van der Waals surface area contributed by atoms with Crippen molar-refractivity contribution >= 4 is 23.2 Å². The molecule has 1 saturated heterocycles. The number of piperidine rings is 1. The van der Waals surface area contributed by atoms with E-state index in [0.717, 1.165) is 41.3 Å². The van der Waals surface area contributed by atoms with Crippen LogP contribution in [-0.4, -0.2) is 51.4 Å². The molecule has 1 N–H and O–H groups in total. The number of hydrogen-bond donors (Lipinski definition) is 1. The first-order chi connectivity index (χ1) is 15.1. The van der Waals surface area contributed by atoms with Crippen molar-refractivity contribution in [1.29, 1.82) is 0 Å². The summed E-state index contributed by atoms with van der Waals surface area (Å²) in [7, 11) is 0. The van der Waals surface area contributed by atoms with E-state index in [0.29, 0.717) is 25.2 Å². The highest BCUT2D eigenvalue weighted by atomic mass is 32.1. The van der Waals surface area contributed by atoms with Crippen molar-refractivity contribution in [3.63, 3.8) is 0 Å². The molecule has 2 aliphatic rings. The number of amides is 2. The maximum atomic E-state index is 13.3. The SMILES string of the molecule is Cc1ccc(C(=O)N2CCC(c3[nH]ncc3C(=O)N3CCc4ccccc4C3)CC2)s1. The molecule has 5 rings (SSSR count). The summed E-state index contributed by atoms with van der Waals surface area (Å²) in [5.74, 6) is 0.378. The molecule has 2 aliphatic heterocycles. The van der Waals surface area contributed by atoms with Crippen molar-refractivity contribution in [2.24, 2.45) is 0 Å². The average Bonchev–Trinajstić information content (AvgIpc) is 3.47. The summed E-state index contributed by atoms with van der Waals surface area (Å²) in [5, 5.41) is 7.31. The minimum Gasteiger partial charge on any atom is -0.338 e. The number of nitrogens with one attached hydrogen (secondary N) is 1. The van der Waals surface area contributed by atoms with Crippen LogP contribution in [0, 0.1) is 6.92 Å². The van der Waals surface area contributed by atoms with Crippen molar-refractivity contribution in [1.82, 2.24) is 20.0 Å². The summed E-state index contributed by atoms with van der Waals surface area (Å²) in [5.41, 5.74) is 4.15. The van der Waals surface area contributed by atoms with E-state index in [1.54, 1.807) is 17.5 Å². The summed E-state index contributed by atoms with van der Waals surface area (Å²) < 4.78 is 0. The zero-order valence-corrected chi connectivity index (χ0v) is 18.5. The third-order valence-corrected chi connectivity index (χ3v) is 7.45. The van der Waals surface area contributed by atoms with Gasteiger partial charge in [0.15, 0.2) is 0 Å². The Morgan fingerprint density at radius 1 is 1.00 bits per heavy atom. The van der Waals surface area contributed by atoms with Gasteiger partial charge >= 0.3 is 0 Å². The van der Waals surface area contributed by atoms with E-state index in [9.17, 15) is 9.59 Å². The molecule has 0 radical (unpaired) electrons. The van der Waals surface area contributed by atoms with E-state index in [2.05, 4.69) is 28.4 Å². The van der Waals surface area contributed by atoms with Crippen LogP contribution in [0.3, 0.4) is 0 Å². The molecule has 0 aliphatic carbocycles.